The number of carbonyl (C=O) groups excluding carboxylic acids is 1. The number of nitrogens with zero attached hydrogens (tertiary/aromatic N) is 3. The van der Waals surface area contributed by atoms with Gasteiger partial charge in [0.2, 0.25) is 0 Å². The van der Waals surface area contributed by atoms with Crippen LogP contribution < -0.4 is 0 Å². The molecule has 0 unspecified atom stereocenters. The summed E-state index contributed by atoms with van der Waals surface area (Å²) < 4.78 is 1.79. The van der Waals surface area contributed by atoms with Crippen molar-refractivity contribution in [2.75, 3.05) is 14.1 Å². The number of carbonyl (C=O) groups is 1. The van der Waals surface area contributed by atoms with Gasteiger partial charge in [-0.05, 0) is 12.8 Å². The fraction of sp³-hybridized carbons (Fsp3) is 0.455. The highest BCUT2D eigenvalue weighted by Gasteiger charge is 2.24. The first kappa shape index (κ1) is 9.96. The minimum Gasteiger partial charge on any atom is -0.383 e. The monoisotopic (exact) mass is 205 g/mol. The van der Waals surface area contributed by atoms with Crippen molar-refractivity contribution >= 4 is 5.78 Å². The second-order valence-electron chi connectivity index (χ2n) is 4.08. The van der Waals surface area contributed by atoms with E-state index in [9.17, 15) is 4.79 Å². The average Bonchev–Trinajstić information content (AvgIpc) is 2.53. The molecule has 0 radical (unpaired) electrons. The lowest BCUT2D eigenvalue weighted by Crippen LogP contribution is -2.17. The number of rotatable bonds is 1. The van der Waals surface area contributed by atoms with Crippen LogP contribution in [0.25, 0.3) is 0 Å². The zero-order chi connectivity index (χ0) is 11.0. The summed E-state index contributed by atoms with van der Waals surface area (Å²) >= 11 is 0. The van der Waals surface area contributed by atoms with E-state index in [4.69, 9.17) is 0 Å². The molecule has 0 amide bonds. The first-order valence-electron chi connectivity index (χ1n) is 5.02. The van der Waals surface area contributed by atoms with E-state index in [2.05, 4.69) is 5.10 Å². The summed E-state index contributed by atoms with van der Waals surface area (Å²) in [6, 6.07) is 0. The molecule has 15 heavy (non-hydrogen) atoms. The predicted molar refractivity (Wildman–Crippen MR) is 57.6 cm³/mol. The normalized spacial score (nSPS) is 18.1. The van der Waals surface area contributed by atoms with Crippen molar-refractivity contribution in [3.05, 3.63) is 29.2 Å². The number of aromatic nitrogens is 2. The summed E-state index contributed by atoms with van der Waals surface area (Å²) in [6.07, 6.45) is 5.28. The number of fused-ring (bicyclic) bond motifs is 1. The zero-order valence-electron chi connectivity index (χ0n) is 9.32. The summed E-state index contributed by atoms with van der Waals surface area (Å²) in [5.74, 6) is 0.123. The summed E-state index contributed by atoms with van der Waals surface area (Å²) in [4.78, 5) is 13.9. The first-order chi connectivity index (χ1) is 7.09. The van der Waals surface area contributed by atoms with E-state index in [1.807, 2.05) is 32.2 Å². The van der Waals surface area contributed by atoms with E-state index in [0.29, 0.717) is 0 Å². The Bertz CT molecular complexity index is 429. The predicted octanol–water partition coefficient (Wildman–Crippen LogP) is 0.995. The molecule has 4 heteroatoms. The Balaban J connectivity index is 2.38. The molecule has 0 aromatic carbocycles. The van der Waals surface area contributed by atoms with E-state index >= 15 is 0 Å². The maximum Gasteiger partial charge on any atom is 0.193 e. The van der Waals surface area contributed by atoms with Gasteiger partial charge in [0.15, 0.2) is 5.78 Å². The summed E-state index contributed by atoms with van der Waals surface area (Å²) in [5.41, 5.74) is 2.69. The number of allylic oxidation sites excluding steroid dienone is 1. The van der Waals surface area contributed by atoms with Crippen LogP contribution in [0.2, 0.25) is 0 Å². The van der Waals surface area contributed by atoms with Gasteiger partial charge in [-0.25, -0.2) is 0 Å². The fourth-order valence-electron chi connectivity index (χ4n) is 1.92. The highest BCUT2D eigenvalue weighted by atomic mass is 16.1. The molecule has 0 atom stereocenters. The lowest BCUT2D eigenvalue weighted by molar-refractivity contribution is 0.102. The number of hydrogen-bond donors (Lipinski definition) is 0. The van der Waals surface area contributed by atoms with Gasteiger partial charge < -0.3 is 4.90 Å². The minimum absolute atomic E-state index is 0.123. The molecule has 1 heterocycles. The molecule has 0 N–H and O–H groups in total. The molecule has 1 aliphatic rings. The Kier molecular flexibility index (Phi) is 2.34. The van der Waals surface area contributed by atoms with E-state index in [1.54, 1.807) is 10.9 Å². The molecule has 0 saturated heterocycles. The molecule has 1 aromatic heterocycles. The van der Waals surface area contributed by atoms with Crippen LogP contribution in [0.15, 0.2) is 18.0 Å². The molecular weight excluding hydrogens is 190 g/mol. The van der Waals surface area contributed by atoms with Gasteiger partial charge in [-0.3, -0.25) is 9.48 Å². The Hall–Kier alpha value is -1.58. The van der Waals surface area contributed by atoms with Crippen molar-refractivity contribution in [1.82, 2.24) is 14.7 Å². The SMILES string of the molecule is CN(C)/C=C1/CCc2c(cnn2C)C1=O. The van der Waals surface area contributed by atoms with Gasteiger partial charge >= 0.3 is 0 Å². The Morgan fingerprint density at radius 1 is 1.47 bits per heavy atom. The second-order valence-corrected chi connectivity index (χ2v) is 4.08. The van der Waals surface area contributed by atoms with Crippen LogP contribution in [0.4, 0.5) is 0 Å². The van der Waals surface area contributed by atoms with Crippen LogP contribution in [0, 0.1) is 0 Å². The largest absolute Gasteiger partial charge is 0.383 e. The van der Waals surface area contributed by atoms with Crippen LogP contribution in [0.1, 0.15) is 22.5 Å². The minimum atomic E-state index is 0.123. The summed E-state index contributed by atoms with van der Waals surface area (Å²) in [6.45, 7) is 0. The fourth-order valence-corrected chi connectivity index (χ4v) is 1.92. The quantitative estimate of drug-likeness (QED) is 0.642. The Morgan fingerprint density at radius 3 is 2.87 bits per heavy atom. The van der Waals surface area contributed by atoms with Crippen molar-refractivity contribution in [2.24, 2.45) is 7.05 Å². The van der Waals surface area contributed by atoms with Gasteiger partial charge in [-0.1, -0.05) is 0 Å². The first-order valence-corrected chi connectivity index (χ1v) is 5.02. The van der Waals surface area contributed by atoms with Crippen LogP contribution in [0.5, 0.6) is 0 Å². The van der Waals surface area contributed by atoms with E-state index in [1.165, 1.54) is 0 Å². The topological polar surface area (TPSA) is 38.1 Å². The number of ketones is 1. The third-order valence-corrected chi connectivity index (χ3v) is 2.64. The lowest BCUT2D eigenvalue weighted by atomic mass is 9.92. The molecule has 80 valence electrons. The molecule has 0 saturated carbocycles. The van der Waals surface area contributed by atoms with Gasteiger partial charge in [0.1, 0.15) is 0 Å². The average molecular weight is 205 g/mol. The van der Waals surface area contributed by atoms with Gasteiger partial charge in [-0.2, -0.15) is 5.10 Å². The molecule has 0 fully saturated rings. The van der Waals surface area contributed by atoms with Crippen molar-refractivity contribution in [3.8, 4) is 0 Å². The van der Waals surface area contributed by atoms with Crippen LogP contribution >= 0.6 is 0 Å². The number of aryl methyl sites for hydroxylation is 1. The maximum atomic E-state index is 12.0. The third-order valence-electron chi connectivity index (χ3n) is 2.64. The van der Waals surface area contributed by atoms with E-state index in [-0.39, 0.29) is 5.78 Å². The number of hydrogen-bond acceptors (Lipinski definition) is 3. The van der Waals surface area contributed by atoms with Crippen LogP contribution in [0.3, 0.4) is 0 Å². The molecule has 1 aromatic rings. The lowest BCUT2D eigenvalue weighted by Gasteiger charge is -2.16. The molecule has 0 spiro atoms. The van der Waals surface area contributed by atoms with Crippen LogP contribution in [-0.4, -0.2) is 34.6 Å². The van der Waals surface area contributed by atoms with Gasteiger partial charge in [0.25, 0.3) is 0 Å². The van der Waals surface area contributed by atoms with E-state index < -0.39 is 0 Å². The van der Waals surface area contributed by atoms with Gasteiger partial charge in [0.05, 0.1) is 11.8 Å². The van der Waals surface area contributed by atoms with Crippen molar-refractivity contribution in [1.29, 1.82) is 0 Å². The number of Topliss-reactive ketones (excluding diaryl/α,β-unsaturated/α-hetero) is 1. The Labute approximate surface area is 89.2 Å². The smallest absolute Gasteiger partial charge is 0.193 e. The van der Waals surface area contributed by atoms with E-state index in [0.717, 1.165) is 29.7 Å². The molecular formula is C11H15N3O. The standard InChI is InChI=1S/C11H15N3O/c1-13(2)7-8-4-5-10-9(11(8)15)6-12-14(10)3/h6-7H,4-5H2,1-3H3/b8-7-. The zero-order valence-corrected chi connectivity index (χ0v) is 9.32. The summed E-state index contributed by atoms with van der Waals surface area (Å²) in [7, 11) is 5.74. The Morgan fingerprint density at radius 2 is 2.20 bits per heavy atom. The summed E-state index contributed by atoms with van der Waals surface area (Å²) in [5, 5.41) is 4.12. The van der Waals surface area contributed by atoms with Crippen molar-refractivity contribution in [2.45, 2.75) is 12.8 Å². The maximum absolute atomic E-state index is 12.0. The molecule has 4 nitrogen and oxygen atoms in total. The molecule has 0 bridgehead atoms. The van der Waals surface area contributed by atoms with Crippen molar-refractivity contribution < 1.29 is 4.79 Å². The molecule has 2 rings (SSSR count). The molecule has 0 aliphatic heterocycles. The molecule has 1 aliphatic carbocycles. The third kappa shape index (κ3) is 1.67. The second kappa shape index (κ2) is 3.53. The van der Waals surface area contributed by atoms with Crippen LogP contribution in [-0.2, 0) is 13.5 Å². The highest BCUT2D eigenvalue weighted by Crippen LogP contribution is 2.24. The highest BCUT2D eigenvalue weighted by molar-refractivity contribution is 6.10. The van der Waals surface area contributed by atoms with Crippen molar-refractivity contribution in [3.63, 3.8) is 0 Å². The van der Waals surface area contributed by atoms with Gasteiger partial charge in [-0.15, -0.1) is 0 Å². The van der Waals surface area contributed by atoms with Gasteiger partial charge in [0, 0.05) is 38.6 Å².